The van der Waals surface area contributed by atoms with Gasteiger partial charge in [-0.15, -0.1) is 0 Å². The molecule has 170 valence electrons. The van der Waals surface area contributed by atoms with Gasteiger partial charge in [0.15, 0.2) is 0 Å². The molecule has 0 saturated carbocycles. The predicted molar refractivity (Wildman–Crippen MR) is 131 cm³/mol. The molecule has 6 rings (SSSR count). The largest absolute Gasteiger partial charge is 0.494 e. The highest BCUT2D eigenvalue weighted by Crippen LogP contribution is 2.39. The third-order valence-electron chi connectivity index (χ3n) is 7.10. The van der Waals surface area contributed by atoms with Gasteiger partial charge in [0.25, 0.3) is 0 Å². The third-order valence-corrected chi connectivity index (χ3v) is 7.10. The number of hydrogen-bond donors (Lipinski definition) is 1. The highest BCUT2D eigenvalue weighted by molar-refractivity contribution is 5.93. The maximum Gasteiger partial charge on any atom is 0.147 e. The summed E-state index contributed by atoms with van der Waals surface area (Å²) in [5.74, 6) is 1.18. The number of ether oxygens (including phenoxy) is 1. The molecule has 0 amide bonds. The Morgan fingerprint density at radius 1 is 1.18 bits per heavy atom. The Kier molecular flexibility index (Phi) is 5.23. The van der Waals surface area contributed by atoms with E-state index in [1.807, 2.05) is 12.3 Å². The average Bonchev–Trinajstić information content (AvgIpc) is 3.49. The van der Waals surface area contributed by atoms with Crippen molar-refractivity contribution in [3.05, 3.63) is 59.4 Å². The fourth-order valence-electron chi connectivity index (χ4n) is 5.26. The van der Waals surface area contributed by atoms with E-state index in [1.54, 1.807) is 7.11 Å². The Bertz CT molecular complexity index is 1400. The van der Waals surface area contributed by atoms with Gasteiger partial charge in [-0.25, -0.2) is 4.98 Å². The summed E-state index contributed by atoms with van der Waals surface area (Å²) in [6, 6.07) is 14.9. The van der Waals surface area contributed by atoms with Crippen molar-refractivity contribution in [2.45, 2.75) is 31.6 Å². The van der Waals surface area contributed by atoms with Crippen LogP contribution >= 0.6 is 0 Å². The molecule has 1 fully saturated rings. The van der Waals surface area contributed by atoms with Crippen LogP contribution in [-0.2, 0) is 12.8 Å². The zero-order valence-corrected chi connectivity index (χ0v) is 19.2. The summed E-state index contributed by atoms with van der Waals surface area (Å²) < 4.78 is 5.73. The van der Waals surface area contributed by atoms with Gasteiger partial charge in [-0.2, -0.15) is 10.4 Å². The number of nitrogens with one attached hydrogen (secondary N) is 1. The number of nitrogens with zero attached hydrogens (tertiary/aromatic N) is 5. The van der Waals surface area contributed by atoms with E-state index in [0.717, 1.165) is 77.5 Å². The number of methoxy groups -OCH3 is 1. The minimum absolute atomic E-state index is 0.429. The van der Waals surface area contributed by atoms with Crippen LogP contribution in [0.15, 0.2) is 42.6 Å². The van der Waals surface area contributed by atoms with Crippen LogP contribution < -0.4 is 4.74 Å². The van der Waals surface area contributed by atoms with E-state index in [0.29, 0.717) is 12.3 Å². The smallest absolute Gasteiger partial charge is 0.147 e. The van der Waals surface area contributed by atoms with Gasteiger partial charge < -0.3 is 9.64 Å². The molecule has 4 aromatic rings. The van der Waals surface area contributed by atoms with Crippen molar-refractivity contribution in [1.82, 2.24) is 25.1 Å². The maximum absolute atomic E-state index is 8.76. The molecule has 2 aliphatic rings. The first-order valence-electron chi connectivity index (χ1n) is 11.8. The van der Waals surface area contributed by atoms with Gasteiger partial charge in [0.1, 0.15) is 22.7 Å². The number of aryl methyl sites for hydroxylation is 1. The summed E-state index contributed by atoms with van der Waals surface area (Å²) in [4.78, 5) is 12.1. The molecule has 1 saturated heterocycles. The molecule has 1 aliphatic carbocycles. The predicted octanol–water partition coefficient (Wildman–Crippen LogP) is 4.50. The fraction of sp³-hybridized carbons (Fsp3) is 0.333. The van der Waals surface area contributed by atoms with Crippen LogP contribution in [0.1, 0.15) is 35.6 Å². The lowest BCUT2D eigenvalue weighted by Crippen LogP contribution is -2.45. The van der Waals surface area contributed by atoms with Crippen molar-refractivity contribution in [3.63, 3.8) is 0 Å². The summed E-state index contributed by atoms with van der Waals surface area (Å²) in [5, 5.41) is 16.5. The lowest BCUT2D eigenvalue weighted by molar-refractivity contribution is 0.149. The molecule has 0 atom stereocenters. The SMILES string of the molecule is COc1cc2[nH]nc(-c3ccc(C4CN(CCC#N)C4)nc3)c2nc1-c1cccc2c1CCC2. The van der Waals surface area contributed by atoms with Crippen LogP contribution in [0.4, 0.5) is 0 Å². The van der Waals surface area contributed by atoms with Gasteiger partial charge in [0.05, 0.1) is 18.7 Å². The quantitative estimate of drug-likeness (QED) is 0.465. The lowest BCUT2D eigenvalue weighted by atomic mass is 9.95. The third kappa shape index (κ3) is 3.51. The second-order valence-electron chi connectivity index (χ2n) is 9.14. The second kappa shape index (κ2) is 8.54. The van der Waals surface area contributed by atoms with E-state index in [-0.39, 0.29) is 0 Å². The van der Waals surface area contributed by atoms with Gasteiger partial charge in [0, 0.05) is 61.1 Å². The summed E-state index contributed by atoms with van der Waals surface area (Å²) in [5.41, 5.74) is 9.32. The molecule has 0 radical (unpaired) electrons. The topological polar surface area (TPSA) is 90.7 Å². The Morgan fingerprint density at radius 2 is 2.09 bits per heavy atom. The van der Waals surface area contributed by atoms with Gasteiger partial charge in [-0.05, 0) is 42.5 Å². The number of hydrogen-bond acceptors (Lipinski definition) is 6. The summed E-state index contributed by atoms with van der Waals surface area (Å²) >= 11 is 0. The maximum atomic E-state index is 8.76. The van der Waals surface area contributed by atoms with Crippen molar-refractivity contribution >= 4 is 11.0 Å². The summed E-state index contributed by atoms with van der Waals surface area (Å²) in [7, 11) is 1.69. The highest BCUT2D eigenvalue weighted by Gasteiger charge is 2.28. The number of H-pyrrole nitrogens is 1. The van der Waals surface area contributed by atoms with Crippen LogP contribution in [-0.4, -0.2) is 51.8 Å². The Balaban J connectivity index is 1.33. The molecule has 0 unspecified atom stereocenters. The summed E-state index contributed by atoms with van der Waals surface area (Å²) in [6.45, 7) is 2.77. The summed E-state index contributed by atoms with van der Waals surface area (Å²) in [6.07, 6.45) is 5.86. The molecule has 0 spiro atoms. The number of pyridine rings is 2. The van der Waals surface area contributed by atoms with Crippen molar-refractivity contribution in [2.75, 3.05) is 26.7 Å². The number of fused-ring (bicyclic) bond motifs is 2. The molecule has 34 heavy (non-hydrogen) atoms. The van der Waals surface area contributed by atoms with Gasteiger partial charge in [-0.1, -0.05) is 18.2 Å². The number of rotatable bonds is 6. The van der Waals surface area contributed by atoms with Crippen LogP contribution in [0.3, 0.4) is 0 Å². The van der Waals surface area contributed by atoms with E-state index >= 15 is 0 Å². The molecule has 7 nitrogen and oxygen atoms in total. The average molecular weight is 451 g/mol. The van der Waals surface area contributed by atoms with Crippen LogP contribution in [0, 0.1) is 11.3 Å². The van der Waals surface area contributed by atoms with Gasteiger partial charge in [-0.3, -0.25) is 10.1 Å². The van der Waals surface area contributed by atoms with Crippen LogP contribution in [0.5, 0.6) is 5.75 Å². The molecular formula is C27H26N6O. The monoisotopic (exact) mass is 450 g/mol. The molecule has 3 aromatic heterocycles. The fourth-order valence-corrected chi connectivity index (χ4v) is 5.26. The van der Waals surface area contributed by atoms with Crippen molar-refractivity contribution < 1.29 is 4.74 Å². The standard InChI is InChI=1S/C27H26N6O/c1-34-24-13-23-27(30-26(24)21-8-3-6-17-5-2-7-20(17)21)25(32-31-23)18-9-10-22(29-14-18)19-15-33(16-19)12-4-11-28/h3,6,8-10,13-14,19H,2,4-5,7,12,15-16H2,1H3,(H,31,32). The number of benzene rings is 1. The highest BCUT2D eigenvalue weighted by atomic mass is 16.5. The molecule has 7 heteroatoms. The first kappa shape index (κ1) is 20.8. The van der Waals surface area contributed by atoms with Crippen LogP contribution in [0.2, 0.25) is 0 Å². The lowest BCUT2D eigenvalue weighted by Gasteiger charge is -2.38. The van der Waals surface area contributed by atoms with E-state index in [9.17, 15) is 0 Å². The van der Waals surface area contributed by atoms with Crippen molar-refractivity contribution in [3.8, 4) is 34.3 Å². The Labute approximate surface area is 198 Å². The first-order valence-corrected chi connectivity index (χ1v) is 11.8. The van der Waals surface area contributed by atoms with E-state index < -0.39 is 0 Å². The van der Waals surface area contributed by atoms with E-state index in [2.05, 4.69) is 51.5 Å². The molecular weight excluding hydrogens is 424 g/mol. The number of likely N-dealkylation sites (tertiary alicyclic amines) is 1. The minimum atomic E-state index is 0.429. The van der Waals surface area contributed by atoms with E-state index in [4.69, 9.17) is 20.0 Å². The molecule has 1 N–H and O–H groups in total. The van der Waals surface area contributed by atoms with Gasteiger partial charge in [0.2, 0.25) is 0 Å². The second-order valence-corrected chi connectivity index (χ2v) is 9.14. The Hall–Kier alpha value is -3.76. The number of nitriles is 1. The molecule has 1 aromatic carbocycles. The Morgan fingerprint density at radius 3 is 2.88 bits per heavy atom. The minimum Gasteiger partial charge on any atom is -0.494 e. The van der Waals surface area contributed by atoms with Crippen molar-refractivity contribution in [1.29, 1.82) is 5.26 Å². The van der Waals surface area contributed by atoms with Crippen molar-refractivity contribution in [2.24, 2.45) is 0 Å². The van der Waals surface area contributed by atoms with Crippen LogP contribution in [0.25, 0.3) is 33.5 Å². The number of aromatic amines is 1. The molecule has 1 aliphatic heterocycles. The number of aromatic nitrogens is 4. The molecule has 0 bridgehead atoms. The zero-order valence-electron chi connectivity index (χ0n) is 19.2. The first-order chi connectivity index (χ1) is 16.7. The van der Waals surface area contributed by atoms with E-state index in [1.165, 1.54) is 17.5 Å². The zero-order chi connectivity index (χ0) is 23.1. The van der Waals surface area contributed by atoms with Gasteiger partial charge >= 0.3 is 0 Å². The normalized spacial score (nSPS) is 15.8. The molecule has 4 heterocycles.